The lowest BCUT2D eigenvalue weighted by Crippen LogP contribution is -2.60. The van der Waals surface area contributed by atoms with Gasteiger partial charge >= 0.3 is 0 Å². The summed E-state index contributed by atoms with van der Waals surface area (Å²) in [5.41, 5.74) is 1.48. The highest BCUT2D eigenvalue weighted by Gasteiger charge is 2.35. The van der Waals surface area contributed by atoms with Gasteiger partial charge in [0, 0.05) is 36.2 Å². The molecule has 4 heteroatoms. The van der Waals surface area contributed by atoms with Crippen LogP contribution in [0.15, 0.2) is 5.38 Å². The van der Waals surface area contributed by atoms with Crippen molar-refractivity contribution in [1.29, 1.82) is 0 Å². The molecule has 17 heavy (non-hydrogen) atoms. The fourth-order valence-electron chi connectivity index (χ4n) is 2.72. The van der Waals surface area contributed by atoms with E-state index >= 15 is 0 Å². The number of piperazine rings is 1. The zero-order valence-corrected chi connectivity index (χ0v) is 11.9. The van der Waals surface area contributed by atoms with Crippen molar-refractivity contribution in [3.63, 3.8) is 0 Å². The van der Waals surface area contributed by atoms with Gasteiger partial charge < -0.3 is 5.32 Å². The summed E-state index contributed by atoms with van der Waals surface area (Å²) in [6, 6.07) is 0. The summed E-state index contributed by atoms with van der Waals surface area (Å²) in [5, 5.41) is 6.95. The summed E-state index contributed by atoms with van der Waals surface area (Å²) < 4.78 is 0. The molecule has 0 aromatic carbocycles. The quantitative estimate of drug-likeness (QED) is 0.893. The molecule has 0 aliphatic carbocycles. The van der Waals surface area contributed by atoms with Crippen LogP contribution in [-0.2, 0) is 6.54 Å². The Hall–Kier alpha value is -0.450. The largest absolute Gasteiger partial charge is 0.314 e. The summed E-state index contributed by atoms with van der Waals surface area (Å²) in [6.45, 7) is 11.1. The number of aryl methyl sites for hydroxylation is 1. The number of nitrogens with zero attached hydrogens (tertiary/aromatic N) is 2. The van der Waals surface area contributed by atoms with Gasteiger partial charge in [0.1, 0.15) is 5.01 Å². The molecule has 1 N–H and O–H groups in total. The van der Waals surface area contributed by atoms with Crippen molar-refractivity contribution in [3.8, 4) is 0 Å². The Morgan fingerprint density at radius 3 is 2.82 bits per heavy atom. The third kappa shape index (κ3) is 2.69. The van der Waals surface area contributed by atoms with E-state index in [9.17, 15) is 0 Å². The number of hydrogen-bond donors (Lipinski definition) is 1. The molecule has 2 rings (SSSR count). The van der Waals surface area contributed by atoms with Gasteiger partial charge in [-0.2, -0.15) is 0 Å². The first kappa shape index (κ1) is 13.0. The van der Waals surface area contributed by atoms with Crippen LogP contribution in [0.2, 0.25) is 0 Å². The molecule has 1 aromatic heterocycles. The lowest BCUT2D eigenvalue weighted by molar-refractivity contribution is 0.0447. The minimum atomic E-state index is 0.331. The predicted octanol–water partition coefficient (Wildman–Crippen LogP) is 2.42. The van der Waals surface area contributed by atoms with Crippen LogP contribution >= 0.6 is 11.3 Å². The Morgan fingerprint density at radius 2 is 2.24 bits per heavy atom. The third-order valence-electron chi connectivity index (χ3n) is 3.99. The van der Waals surface area contributed by atoms with Gasteiger partial charge in [-0.25, -0.2) is 4.98 Å². The van der Waals surface area contributed by atoms with Crippen LogP contribution in [0, 0.1) is 6.92 Å². The number of hydrogen-bond acceptors (Lipinski definition) is 4. The lowest BCUT2D eigenvalue weighted by Gasteiger charge is -2.46. The predicted molar refractivity (Wildman–Crippen MR) is 73.4 cm³/mol. The van der Waals surface area contributed by atoms with Gasteiger partial charge in [-0.15, -0.1) is 11.3 Å². The molecule has 1 aliphatic rings. The molecule has 0 saturated carbocycles. The molecule has 1 aliphatic heterocycles. The molecule has 1 fully saturated rings. The highest BCUT2D eigenvalue weighted by Crippen LogP contribution is 2.27. The molecular weight excluding hydrogens is 230 g/mol. The van der Waals surface area contributed by atoms with Gasteiger partial charge in [0.15, 0.2) is 0 Å². The molecule has 0 bridgehead atoms. The van der Waals surface area contributed by atoms with Gasteiger partial charge in [0.05, 0.1) is 6.54 Å². The summed E-state index contributed by atoms with van der Waals surface area (Å²) >= 11 is 1.79. The van der Waals surface area contributed by atoms with Crippen molar-refractivity contribution in [1.82, 2.24) is 15.2 Å². The van der Waals surface area contributed by atoms with Crippen LogP contribution in [-0.4, -0.2) is 35.1 Å². The van der Waals surface area contributed by atoms with E-state index in [1.807, 2.05) is 0 Å². The van der Waals surface area contributed by atoms with Crippen molar-refractivity contribution in [2.45, 2.75) is 45.7 Å². The number of nitrogens with one attached hydrogen (secondary N) is 1. The molecule has 1 aromatic rings. The van der Waals surface area contributed by atoms with E-state index in [0.717, 1.165) is 31.9 Å². The van der Waals surface area contributed by atoms with E-state index in [1.165, 1.54) is 17.8 Å². The van der Waals surface area contributed by atoms with Crippen LogP contribution < -0.4 is 5.32 Å². The zero-order valence-electron chi connectivity index (χ0n) is 11.1. The Morgan fingerprint density at radius 1 is 1.47 bits per heavy atom. The highest BCUT2D eigenvalue weighted by molar-refractivity contribution is 7.09. The lowest BCUT2D eigenvalue weighted by atomic mass is 9.88. The van der Waals surface area contributed by atoms with E-state index in [1.54, 1.807) is 11.3 Å². The molecule has 1 saturated heterocycles. The molecule has 0 unspecified atom stereocenters. The standard InChI is InChI=1S/C13H23N3S/c1-4-13(5-2)10-14-6-7-16(13)8-12-15-11(3)9-17-12/h9,14H,4-8,10H2,1-3H3. The summed E-state index contributed by atoms with van der Waals surface area (Å²) in [7, 11) is 0. The normalized spacial score (nSPS) is 20.6. The maximum absolute atomic E-state index is 4.60. The summed E-state index contributed by atoms with van der Waals surface area (Å²) in [6.07, 6.45) is 2.42. The van der Waals surface area contributed by atoms with Crippen molar-refractivity contribution in [2.24, 2.45) is 0 Å². The van der Waals surface area contributed by atoms with E-state index in [0.29, 0.717) is 5.54 Å². The van der Waals surface area contributed by atoms with Crippen LogP contribution in [0.1, 0.15) is 37.4 Å². The molecule has 3 nitrogen and oxygen atoms in total. The maximum Gasteiger partial charge on any atom is 0.107 e. The van der Waals surface area contributed by atoms with Gasteiger partial charge in [-0.05, 0) is 19.8 Å². The first-order chi connectivity index (χ1) is 8.20. The summed E-state index contributed by atoms with van der Waals surface area (Å²) in [4.78, 5) is 7.22. The van der Waals surface area contributed by atoms with Crippen LogP contribution in [0.3, 0.4) is 0 Å². The van der Waals surface area contributed by atoms with E-state index in [-0.39, 0.29) is 0 Å². The molecule has 96 valence electrons. The van der Waals surface area contributed by atoms with Gasteiger partial charge in [-0.1, -0.05) is 13.8 Å². The van der Waals surface area contributed by atoms with E-state index < -0.39 is 0 Å². The van der Waals surface area contributed by atoms with Gasteiger partial charge in [0.25, 0.3) is 0 Å². The fraction of sp³-hybridized carbons (Fsp3) is 0.769. The Kier molecular flexibility index (Phi) is 4.17. The van der Waals surface area contributed by atoms with Crippen LogP contribution in [0.4, 0.5) is 0 Å². The topological polar surface area (TPSA) is 28.2 Å². The molecule has 0 spiro atoms. The van der Waals surface area contributed by atoms with Gasteiger partial charge in [0.2, 0.25) is 0 Å². The van der Waals surface area contributed by atoms with E-state index in [2.05, 4.69) is 41.4 Å². The van der Waals surface area contributed by atoms with Crippen molar-refractivity contribution >= 4 is 11.3 Å². The van der Waals surface area contributed by atoms with Crippen LogP contribution in [0.25, 0.3) is 0 Å². The first-order valence-corrected chi connectivity index (χ1v) is 7.45. The maximum atomic E-state index is 4.60. The molecule has 0 atom stereocenters. The Bertz CT molecular complexity index is 357. The summed E-state index contributed by atoms with van der Waals surface area (Å²) in [5.74, 6) is 0. The smallest absolute Gasteiger partial charge is 0.107 e. The van der Waals surface area contributed by atoms with E-state index in [4.69, 9.17) is 0 Å². The Balaban J connectivity index is 2.11. The van der Waals surface area contributed by atoms with Crippen molar-refractivity contribution in [2.75, 3.05) is 19.6 Å². The fourth-order valence-corrected chi connectivity index (χ4v) is 3.50. The first-order valence-electron chi connectivity index (χ1n) is 6.57. The zero-order chi connectivity index (χ0) is 12.3. The monoisotopic (exact) mass is 253 g/mol. The SMILES string of the molecule is CCC1(CC)CNCCN1Cc1nc(C)cs1. The highest BCUT2D eigenvalue weighted by atomic mass is 32.1. The van der Waals surface area contributed by atoms with Crippen molar-refractivity contribution in [3.05, 3.63) is 16.1 Å². The minimum Gasteiger partial charge on any atom is -0.314 e. The second-order valence-corrected chi connectivity index (χ2v) is 5.86. The Labute approximate surface area is 108 Å². The molecule has 2 heterocycles. The van der Waals surface area contributed by atoms with Crippen LogP contribution in [0.5, 0.6) is 0 Å². The third-order valence-corrected chi connectivity index (χ3v) is 4.94. The average molecular weight is 253 g/mol. The van der Waals surface area contributed by atoms with Gasteiger partial charge in [-0.3, -0.25) is 4.90 Å². The average Bonchev–Trinajstić information content (AvgIpc) is 2.76. The number of rotatable bonds is 4. The molecule has 0 radical (unpaired) electrons. The van der Waals surface area contributed by atoms with Crippen molar-refractivity contribution < 1.29 is 0 Å². The molecule has 0 amide bonds. The number of thiazole rings is 1. The molecular formula is C13H23N3S. The second kappa shape index (κ2) is 5.46. The minimum absolute atomic E-state index is 0.331. The number of aromatic nitrogens is 1. The second-order valence-electron chi connectivity index (χ2n) is 4.91.